The number of pyridine rings is 1. The second-order valence-corrected chi connectivity index (χ2v) is 4.66. The molecule has 106 valence electrons. The Kier molecular flexibility index (Phi) is 4.41. The van der Waals surface area contributed by atoms with Gasteiger partial charge in [0.2, 0.25) is 0 Å². The first kappa shape index (κ1) is 14.1. The van der Waals surface area contributed by atoms with Crippen LogP contribution in [0.5, 0.6) is 0 Å². The maximum atomic E-state index is 10.8. The summed E-state index contributed by atoms with van der Waals surface area (Å²) in [6, 6.07) is 3.89. The predicted octanol–water partition coefficient (Wildman–Crippen LogP) is 0.698. The van der Waals surface area contributed by atoms with E-state index in [9.17, 15) is 4.79 Å². The highest BCUT2D eigenvalue weighted by atomic mass is 16.4. The summed E-state index contributed by atoms with van der Waals surface area (Å²) in [7, 11) is 1.95. The number of aromatic nitrogens is 4. The van der Waals surface area contributed by atoms with Gasteiger partial charge < -0.3 is 5.11 Å². The maximum Gasteiger partial charge on any atom is 0.325 e. The zero-order valence-electron chi connectivity index (χ0n) is 11.5. The molecule has 0 fully saturated rings. The SMILES string of the molecule is Cc1nc(CN(C)Cc2cccnc2)n(CC(=O)O)n1. The Hall–Kier alpha value is -2.28. The molecule has 1 N–H and O–H groups in total. The molecule has 0 aliphatic rings. The van der Waals surface area contributed by atoms with E-state index in [1.54, 1.807) is 13.1 Å². The topological polar surface area (TPSA) is 84.1 Å². The Morgan fingerprint density at radius 3 is 2.90 bits per heavy atom. The number of hydrogen-bond acceptors (Lipinski definition) is 5. The van der Waals surface area contributed by atoms with Crippen LogP contribution < -0.4 is 0 Å². The zero-order valence-corrected chi connectivity index (χ0v) is 11.5. The molecule has 0 aliphatic carbocycles. The van der Waals surface area contributed by atoms with Gasteiger partial charge in [0.15, 0.2) is 0 Å². The summed E-state index contributed by atoms with van der Waals surface area (Å²) in [4.78, 5) is 21.2. The van der Waals surface area contributed by atoms with E-state index in [-0.39, 0.29) is 6.54 Å². The smallest absolute Gasteiger partial charge is 0.325 e. The highest BCUT2D eigenvalue weighted by Crippen LogP contribution is 2.06. The van der Waals surface area contributed by atoms with Gasteiger partial charge in [0.25, 0.3) is 0 Å². The van der Waals surface area contributed by atoms with Crippen LogP contribution in [-0.2, 0) is 24.4 Å². The van der Waals surface area contributed by atoms with Gasteiger partial charge in [-0.05, 0) is 25.6 Å². The number of carboxylic acid groups (broad SMARTS) is 1. The third-order valence-corrected chi connectivity index (χ3v) is 2.73. The van der Waals surface area contributed by atoms with Crippen LogP contribution in [0.2, 0.25) is 0 Å². The fraction of sp³-hybridized carbons (Fsp3) is 0.385. The Morgan fingerprint density at radius 2 is 2.25 bits per heavy atom. The minimum absolute atomic E-state index is 0.170. The summed E-state index contributed by atoms with van der Waals surface area (Å²) in [6.45, 7) is 2.83. The summed E-state index contributed by atoms with van der Waals surface area (Å²) >= 11 is 0. The van der Waals surface area contributed by atoms with Gasteiger partial charge in [-0.15, -0.1) is 0 Å². The van der Waals surface area contributed by atoms with Crippen molar-refractivity contribution in [3.8, 4) is 0 Å². The number of nitrogens with zero attached hydrogens (tertiary/aromatic N) is 5. The first-order valence-electron chi connectivity index (χ1n) is 6.24. The van der Waals surface area contributed by atoms with E-state index in [4.69, 9.17) is 5.11 Å². The van der Waals surface area contributed by atoms with E-state index in [2.05, 4.69) is 15.1 Å². The Balaban J connectivity index is 2.04. The van der Waals surface area contributed by atoms with Crippen molar-refractivity contribution in [2.45, 2.75) is 26.6 Å². The fourth-order valence-electron chi connectivity index (χ4n) is 1.97. The number of rotatable bonds is 6. The standard InChI is InChI=1S/C13H17N5O2/c1-10-15-12(18(16-10)9-13(19)20)8-17(2)7-11-4-3-5-14-6-11/h3-6H,7-9H2,1-2H3,(H,19,20). The molecule has 2 rings (SSSR count). The van der Waals surface area contributed by atoms with Crippen LogP contribution in [-0.4, -0.2) is 42.8 Å². The lowest BCUT2D eigenvalue weighted by atomic mass is 10.3. The number of hydrogen-bond donors (Lipinski definition) is 1. The molecule has 2 heterocycles. The highest BCUT2D eigenvalue weighted by molar-refractivity contribution is 5.66. The third-order valence-electron chi connectivity index (χ3n) is 2.73. The first-order valence-corrected chi connectivity index (χ1v) is 6.24. The molecule has 7 nitrogen and oxygen atoms in total. The van der Waals surface area contributed by atoms with Crippen molar-refractivity contribution in [2.24, 2.45) is 0 Å². The zero-order chi connectivity index (χ0) is 14.5. The monoisotopic (exact) mass is 275 g/mol. The molecule has 2 aromatic heterocycles. The second-order valence-electron chi connectivity index (χ2n) is 4.66. The highest BCUT2D eigenvalue weighted by Gasteiger charge is 2.12. The van der Waals surface area contributed by atoms with Crippen LogP contribution in [0.1, 0.15) is 17.2 Å². The molecule has 0 saturated heterocycles. The molecule has 0 amide bonds. The Morgan fingerprint density at radius 1 is 1.45 bits per heavy atom. The largest absolute Gasteiger partial charge is 0.480 e. The average molecular weight is 275 g/mol. The fourth-order valence-corrected chi connectivity index (χ4v) is 1.97. The van der Waals surface area contributed by atoms with Crippen LogP contribution in [0.25, 0.3) is 0 Å². The van der Waals surface area contributed by atoms with Crippen LogP contribution in [0.15, 0.2) is 24.5 Å². The van der Waals surface area contributed by atoms with Gasteiger partial charge in [-0.1, -0.05) is 6.07 Å². The second kappa shape index (κ2) is 6.25. The number of carboxylic acids is 1. The van der Waals surface area contributed by atoms with Crippen molar-refractivity contribution in [1.82, 2.24) is 24.6 Å². The molecule has 0 spiro atoms. The molecule has 0 bridgehead atoms. The summed E-state index contributed by atoms with van der Waals surface area (Å²) in [5, 5.41) is 13.0. The van der Waals surface area contributed by atoms with E-state index in [0.717, 1.165) is 5.56 Å². The summed E-state index contributed by atoms with van der Waals surface area (Å²) < 4.78 is 1.43. The van der Waals surface area contributed by atoms with Crippen LogP contribution in [0, 0.1) is 6.92 Å². The van der Waals surface area contributed by atoms with Crippen molar-refractivity contribution in [3.63, 3.8) is 0 Å². The summed E-state index contributed by atoms with van der Waals surface area (Å²) in [5.41, 5.74) is 1.09. The third kappa shape index (κ3) is 3.86. The Bertz CT molecular complexity index is 582. The summed E-state index contributed by atoms with van der Waals surface area (Å²) in [5.74, 6) is 0.304. The van der Waals surface area contributed by atoms with Gasteiger partial charge >= 0.3 is 5.97 Å². The van der Waals surface area contributed by atoms with Gasteiger partial charge in [-0.25, -0.2) is 9.67 Å². The molecule has 0 radical (unpaired) electrons. The summed E-state index contributed by atoms with van der Waals surface area (Å²) in [6.07, 6.45) is 3.54. The van der Waals surface area contributed by atoms with E-state index >= 15 is 0 Å². The van der Waals surface area contributed by atoms with Crippen LogP contribution in [0.3, 0.4) is 0 Å². The minimum atomic E-state index is -0.925. The maximum absolute atomic E-state index is 10.8. The quantitative estimate of drug-likeness (QED) is 0.835. The minimum Gasteiger partial charge on any atom is -0.480 e. The number of aryl methyl sites for hydroxylation is 1. The molecule has 7 heteroatoms. The van der Waals surface area contributed by atoms with Gasteiger partial charge in [0.05, 0.1) is 6.54 Å². The molecular formula is C13H17N5O2. The van der Waals surface area contributed by atoms with Crippen molar-refractivity contribution in [2.75, 3.05) is 7.05 Å². The van der Waals surface area contributed by atoms with Gasteiger partial charge in [0.1, 0.15) is 18.2 Å². The van der Waals surface area contributed by atoms with Gasteiger partial charge in [-0.2, -0.15) is 5.10 Å². The molecule has 0 aromatic carbocycles. The lowest BCUT2D eigenvalue weighted by molar-refractivity contribution is -0.138. The normalized spacial score (nSPS) is 10.9. The molecule has 0 atom stereocenters. The van der Waals surface area contributed by atoms with E-state index in [0.29, 0.717) is 24.7 Å². The molecule has 0 saturated carbocycles. The molecule has 0 aliphatic heterocycles. The van der Waals surface area contributed by atoms with Crippen LogP contribution in [0.4, 0.5) is 0 Å². The van der Waals surface area contributed by atoms with Gasteiger partial charge in [0, 0.05) is 18.9 Å². The number of carbonyl (C=O) groups is 1. The van der Waals surface area contributed by atoms with Crippen molar-refractivity contribution in [3.05, 3.63) is 41.7 Å². The van der Waals surface area contributed by atoms with Crippen molar-refractivity contribution in [1.29, 1.82) is 0 Å². The first-order chi connectivity index (χ1) is 9.54. The van der Waals surface area contributed by atoms with E-state index < -0.39 is 5.97 Å². The molecular weight excluding hydrogens is 258 g/mol. The predicted molar refractivity (Wildman–Crippen MR) is 71.8 cm³/mol. The van der Waals surface area contributed by atoms with E-state index in [1.165, 1.54) is 4.68 Å². The molecule has 2 aromatic rings. The van der Waals surface area contributed by atoms with Gasteiger partial charge in [-0.3, -0.25) is 14.7 Å². The van der Waals surface area contributed by atoms with Crippen molar-refractivity contribution >= 4 is 5.97 Å². The lowest BCUT2D eigenvalue weighted by Crippen LogP contribution is -2.22. The van der Waals surface area contributed by atoms with E-state index in [1.807, 2.05) is 30.3 Å². The number of aliphatic carboxylic acids is 1. The van der Waals surface area contributed by atoms with Crippen molar-refractivity contribution < 1.29 is 9.90 Å². The average Bonchev–Trinajstić information content (AvgIpc) is 2.69. The Labute approximate surface area is 116 Å². The molecule has 0 unspecified atom stereocenters. The van der Waals surface area contributed by atoms with Crippen LogP contribution >= 0.6 is 0 Å². The lowest BCUT2D eigenvalue weighted by Gasteiger charge is -2.16. The molecule has 20 heavy (non-hydrogen) atoms.